The minimum atomic E-state index is -0.0195. The second-order valence-electron chi connectivity index (χ2n) is 6.22. The van der Waals surface area contributed by atoms with Crippen LogP contribution in [0.5, 0.6) is 0 Å². The zero-order chi connectivity index (χ0) is 15.0. The summed E-state index contributed by atoms with van der Waals surface area (Å²) in [5.74, 6) is 0.644. The van der Waals surface area contributed by atoms with E-state index in [9.17, 15) is 9.59 Å². The molecule has 1 aliphatic heterocycles. The van der Waals surface area contributed by atoms with Crippen molar-refractivity contribution in [1.82, 2.24) is 20.0 Å². The van der Waals surface area contributed by atoms with Crippen molar-refractivity contribution in [3.05, 3.63) is 18.0 Å². The van der Waals surface area contributed by atoms with E-state index in [1.54, 1.807) is 4.68 Å². The van der Waals surface area contributed by atoms with Gasteiger partial charge in [-0.25, -0.2) is 0 Å². The summed E-state index contributed by atoms with van der Waals surface area (Å²) < 4.78 is 1.78. The van der Waals surface area contributed by atoms with Crippen LogP contribution in [-0.2, 0) is 16.6 Å². The van der Waals surface area contributed by atoms with E-state index in [2.05, 4.69) is 10.4 Å². The summed E-state index contributed by atoms with van der Waals surface area (Å²) in [4.78, 5) is 25.6. The SMILES string of the molecule is CC(=O)N[C@@H]1CCCN(C(=O)[C@@H]2C[C@@H]2c2cnn(C)c2)C1. The number of nitrogens with zero attached hydrogens (tertiary/aromatic N) is 3. The highest BCUT2D eigenvalue weighted by molar-refractivity contribution is 5.83. The topological polar surface area (TPSA) is 67.2 Å². The van der Waals surface area contributed by atoms with Crippen LogP contribution in [0.15, 0.2) is 12.4 Å². The number of carbonyl (C=O) groups excluding carboxylic acids is 2. The summed E-state index contributed by atoms with van der Waals surface area (Å²) >= 11 is 0. The second-order valence-corrected chi connectivity index (χ2v) is 6.22. The van der Waals surface area contributed by atoms with E-state index in [4.69, 9.17) is 0 Å². The highest BCUT2D eigenvalue weighted by atomic mass is 16.2. The van der Waals surface area contributed by atoms with Crippen LogP contribution in [-0.4, -0.2) is 45.6 Å². The van der Waals surface area contributed by atoms with Gasteiger partial charge in [0.15, 0.2) is 0 Å². The van der Waals surface area contributed by atoms with Crippen molar-refractivity contribution < 1.29 is 9.59 Å². The molecule has 0 spiro atoms. The average molecular weight is 290 g/mol. The van der Waals surface area contributed by atoms with Crippen LogP contribution < -0.4 is 5.32 Å². The van der Waals surface area contributed by atoms with Gasteiger partial charge in [-0.3, -0.25) is 14.3 Å². The molecule has 1 N–H and O–H groups in total. The zero-order valence-corrected chi connectivity index (χ0v) is 12.6. The van der Waals surface area contributed by atoms with Gasteiger partial charge < -0.3 is 10.2 Å². The maximum absolute atomic E-state index is 12.6. The molecule has 0 aromatic carbocycles. The molecule has 1 aromatic heterocycles. The lowest BCUT2D eigenvalue weighted by molar-refractivity contribution is -0.134. The molecule has 1 saturated carbocycles. The van der Waals surface area contributed by atoms with E-state index in [1.807, 2.05) is 24.3 Å². The summed E-state index contributed by atoms with van der Waals surface area (Å²) in [7, 11) is 1.89. The Kier molecular flexibility index (Phi) is 3.69. The highest BCUT2D eigenvalue weighted by Gasteiger charge is 2.46. The lowest BCUT2D eigenvalue weighted by atomic mass is 10.0. The Morgan fingerprint density at radius 3 is 2.90 bits per heavy atom. The lowest BCUT2D eigenvalue weighted by Crippen LogP contribution is -2.49. The van der Waals surface area contributed by atoms with Crippen LogP contribution in [0.25, 0.3) is 0 Å². The fraction of sp³-hybridized carbons (Fsp3) is 0.667. The van der Waals surface area contributed by atoms with Crippen molar-refractivity contribution in [2.75, 3.05) is 13.1 Å². The third kappa shape index (κ3) is 3.09. The van der Waals surface area contributed by atoms with Gasteiger partial charge in [0.05, 0.1) is 6.20 Å². The zero-order valence-electron chi connectivity index (χ0n) is 12.6. The number of carbonyl (C=O) groups is 2. The third-order valence-electron chi connectivity index (χ3n) is 4.40. The third-order valence-corrected chi connectivity index (χ3v) is 4.40. The first-order chi connectivity index (χ1) is 10.0. The van der Waals surface area contributed by atoms with E-state index in [0.717, 1.165) is 31.4 Å². The number of piperidine rings is 1. The first kappa shape index (κ1) is 14.1. The van der Waals surface area contributed by atoms with E-state index < -0.39 is 0 Å². The normalized spacial score (nSPS) is 28.3. The Morgan fingerprint density at radius 2 is 2.24 bits per heavy atom. The van der Waals surface area contributed by atoms with Crippen LogP contribution in [0.3, 0.4) is 0 Å². The molecule has 2 heterocycles. The van der Waals surface area contributed by atoms with Crippen molar-refractivity contribution in [1.29, 1.82) is 0 Å². The standard InChI is InChI=1S/C15H22N4O2/c1-10(20)17-12-4-3-5-19(9-12)15(21)14-6-13(14)11-7-16-18(2)8-11/h7-8,12-14H,3-6,9H2,1-2H3,(H,17,20)/t12-,13-,14-/m1/s1. The molecule has 2 aliphatic rings. The van der Waals surface area contributed by atoms with Crippen molar-refractivity contribution in [3.63, 3.8) is 0 Å². The minimum absolute atomic E-state index is 0.0195. The molecule has 2 fully saturated rings. The molecule has 0 radical (unpaired) electrons. The Balaban J connectivity index is 1.57. The Labute approximate surface area is 124 Å². The Morgan fingerprint density at radius 1 is 1.43 bits per heavy atom. The molecule has 3 rings (SSSR count). The molecule has 1 saturated heterocycles. The van der Waals surface area contributed by atoms with Gasteiger partial charge in [-0.05, 0) is 30.7 Å². The van der Waals surface area contributed by atoms with Gasteiger partial charge >= 0.3 is 0 Å². The monoisotopic (exact) mass is 290 g/mol. The molecule has 2 amide bonds. The summed E-state index contributed by atoms with van der Waals surface area (Å²) in [6.07, 6.45) is 6.69. The summed E-state index contributed by atoms with van der Waals surface area (Å²) in [5, 5.41) is 7.10. The van der Waals surface area contributed by atoms with E-state index >= 15 is 0 Å². The average Bonchev–Trinajstić information content (AvgIpc) is 3.12. The number of rotatable bonds is 3. The van der Waals surface area contributed by atoms with E-state index in [-0.39, 0.29) is 23.8 Å². The van der Waals surface area contributed by atoms with Gasteiger partial charge in [-0.2, -0.15) is 5.10 Å². The van der Waals surface area contributed by atoms with Gasteiger partial charge in [0, 0.05) is 45.2 Å². The van der Waals surface area contributed by atoms with Crippen molar-refractivity contribution in [2.24, 2.45) is 13.0 Å². The highest BCUT2D eigenvalue weighted by Crippen LogP contribution is 2.48. The number of hydrogen-bond donors (Lipinski definition) is 1. The fourth-order valence-corrected chi connectivity index (χ4v) is 3.29. The smallest absolute Gasteiger partial charge is 0.226 e. The molecule has 6 nitrogen and oxygen atoms in total. The maximum Gasteiger partial charge on any atom is 0.226 e. The van der Waals surface area contributed by atoms with Crippen LogP contribution in [0, 0.1) is 5.92 Å². The van der Waals surface area contributed by atoms with Crippen LogP contribution in [0.4, 0.5) is 0 Å². The first-order valence-electron chi connectivity index (χ1n) is 7.59. The van der Waals surface area contributed by atoms with Gasteiger partial charge in [0.1, 0.15) is 0 Å². The predicted molar refractivity (Wildman–Crippen MR) is 77.5 cm³/mol. The number of nitrogens with one attached hydrogen (secondary N) is 1. The molecule has 0 bridgehead atoms. The van der Waals surface area contributed by atoms with Gasteiger partial charge in [0.25, 0.3) is 0 Å². The largest absolute Gasteiger partial charge is 0.352 e. The van der Waals surface area contributed by atoms with Crippen LogP contribution >= 0.6 is 0 Å². The number of likely N-dealkylation sites (tertiary alicyclic amines) is 1. The van der Waals surface area contributed by atoms with Gasteiger partial charge in [-0.1, -0.05) is 0 Å². The van der Waals surface area contributed by atoms with Gasteiger partial charge in [0.2, 0.25) is 11.8 Å². The number of amides is 2. The molecule has 1 aliphatic carbocycles. The predicted octanol–water partition coefficient (Wildman–Crippen LogP) is 0.651. The summed E-state index contributed by atoms with van der Waals surface area (Å²) in [5.41, 5.74) is 1.16. The molecule has 6 heteroatoms. The summed E-state index contributed by atoms with van der Waals surface area (Å²) in [6.45, 7) is 2.99. The maximum atomic E-state index is 12.6. The molecular formula is C15H22N4O2. The van der Waals surface area contributed by atoms with Gasteiger partial charge in [-0.15, -0.1) is 0 Å². The number of aromatic nitrogens is 2. The van der Waals surface area contributed by atoms with Crippen LogP contribution in [0.1, 0.15) is 37.7 Å². The minimum Gasteiger partial charge on any atom is -0.352 e. The Hall–Kier alpha value is -1.85. The molecule has 0 unspecified atom stereocenters. The second kappa shape index (κ2) is 5.50. The van der Waals surface area contributed by atoms with Crippen molar-refractivity contribution >= 4 is 11.8 Å². The first-order valence-corrected chi connectivity index (χ1v) is 7.59. The van der Waals surface area contributed by atoms with Crippen LogP contribution in [0.2, 0.25) is 0 Å². The van der Waals surface area contributed by atoms with Crippen molar-refractivity contribution in [2.45, 2.75) is 38.1 Å². The number of hydrogen-bond acceptors (Lipinski definition) is 3. The molecular weight excluding hydrogens is 268 g/mol. The quantitative estimate of drug-likeness (QED) is 0.889. The summed E-state index contributed by atoms with van der Waals surface area (Å²) in [6, 6.07) is 0.107. The molecule has 114 valence electrons. The lowest BCUT2D eigenvalue weighted by Gasteiger charge is -2.33. The van der Waals surface area contributed by atoms with E-state index in [0.29, 0.717) is 12.5 Å². The number of aryl methyl sites for hydroxylation is 1. The fourth-order valence-electron chi connectivity index (χ4n) is 3.29. The molecule has 1 aromatic rings. The Bertz CT molecular complexity index is 554. The molecule has 21 heavy (non-hydrogen) atoms. The van der Waals surface area contributed by atoms with Crippen molar-refractivity contribution in [3.8, 4) is 0 Å². The molecule has 3 atom stereocenters. The van der Waals surface area contributed by atoms with E-state index in [1.165, 1.54) is 6.92 Å².